The average Bonchev–Trinajstić information content (AvgIpc) is 3.30. The molecule has 180 valence electrons. The number of nitrogens with one attached hydrogen (secondary N) is 2. The van der Waals surface area contributed by atoms with Gasteiger partial charge in [0.1, 0.15) is 5.39 Å². The molecular formula is C23H23N7O4S. The second kappa shape index (κ2) is 9.06. The first-order chi connectivity index (χ1) is 16.8. The van der Waals surface area contributed by atoms with Gasteiger partial charge in [-0.15, -0.1) is 0 Å². The minimum absolute atomic E-state index is 0.0736. The smallest absolute Gasteiger partial charge is 0.261 e. The van der Waals surface area contributed by atoms with E-state index in [1.54, 1.807) is 36.4 Å². The lowest BCUT2D eigenvalue weighted by Gasteiger charge is -2.31. The van der Waals surface area contributed by atoms with E-state index in [4.69, 9.17) is 0 Å². The monoisotopic (exact) mass is 493 g/mol. The Bertz CT molecular complexity index is 1570. The Morgan fingerprint density at radius 1 is 1.06 bits per heavy atom. The minimum atomic E-state index is -3.71. The van der Waals surface area contributed by atoms with Crippen LogP contribution in [0.5, 0.6) is 0 Å². The molecule has 1 fully saturated rings. The third-order valence-corrected chi connectivity index (χ3v) is 7.84. The number of fused-ring (bicyclic) bond motifs is 1. The molecule has 0 saturated carbocycles. The van der Waals surface area contributed by atoms with E-state index >= 15 is 0 Å². The normalized spacial score (nSPS) is 15.3. The molecule has 5 rings (SSSR count). The molecule has 1 amide bonds. The van der Waals surface area contributed by atoms with Crippen LogP contribution < -0.4 is 10.9 Å². The van der Waals surface area contributed by atoms with E-state index in [1.165, 1.54) is 33.6 Å². The number of H-pyrrole nitrogens is 1. The average molecular weight is 494 g/mol. The van der Waals surface area contributed by atoms with Crippen molar-refractivity contribution in [1.29, 1.82) is 0 Å². The van der Waals surface area contributed by atoms with Gasteiger partial charge in [-0.1, -0.05) is 18.2 Å². The van der Waals surface area contributed by atoms with Gasteiger partial charge in [0.05, 0.1) is 28.8 Å². The Labute approximate surface area is 201 Å². The van der Waals surface area contributed by atoms with Crippen molar-refractivity contribution in [2.75, 3.05) is 38.5 Å². The van der Waals surface area contributed by atoms with Crippen LogP contribution in [0.4, 0.5) is 5.69 Å². The number of benzene rings is 2. The van der Waals surface area contributed by atoms with E-state index in [-0.39, 0.29) is 16.0 Å². The maximum atomic E-state index is 13.1. The van der Waals surface area contributed by atoms with Gasteiger partial charge >= 0.3 is 0 Å². The standard InChI is InChI=1S/C23H23N7O4S/c1-28-9-11-29(12-10-28)35(33,34)17-6-4-5-16(13-17)22(31)27-19-7-2-3-8-20(19)30-21-18(14-26-30)23(32)25-15-24-21/h2-8,13-15H,9-12H2,1H3,(H,27,31)(H,24,25,32). The fraction of sp³-hybridized carbons (Fsp3) is 0.217. The zero-order chi connectivity index (χ0) is 24.6. The molecule has 1 saturated heterocycles. The van der Waals surface area contributed by atoms with Crippen LogP contribution in [0.1, 0.15) is 10.4 Å². The van der Waals surface area contributed by atoms with Crippen LogP contribution in [0, 0.1) is 0 Å². The predicted molar refractivity (Wildman–Crippen MR) is 130 cm³/mol. The number of piperazine rings is 1. The van der Waals surface area contributed by atoms with Crippen molar-refractivity contribution in [2.24, 2.45) is 0 Å². The first-order valence-electron chi connectivity index (χ1n) is 11.0. The number of hydrogen-bond acceptors (Lipinski definition) is 7. The number of hydrogen-bond donors (Lipinski definition) is 2. The number of likely N-dealkylation sites (N-methyl/N-ethyl adjacent to an activating group) is 1. The number of carbonyl (C=O) groups excluding carboxylic acids is 1. The van der Waals surface area contributed by atoms with Crippen molar-refractivity contribution in [3.8, 4) is 5.69 Å². The summed E-state index contributed by atoms with van der Waals surface area (Å²) in [7, 11) is -1.76. The number of para-hydroxylation sites is 2. The molecule has 2 aromatic carbocycles. The molecule has 11 nitrogen and oxygen atoms in total. The predicted octanol–water partition coefficient (Wildman–Crippen LogP) is 1.30. The van der Waals surface area contributed by atoms with Gasteiger partial charge < -0.3 is 15.2 Å². The van der Waals surface area contributed by atoms with Gasteiger partial charge in [0.2, 0.25) is 10.0 Å². The number of nitrogens with zero attached hydrogens (tertiary/aromatic N) is 5. The van der Waals surface area contributed by atoms with Crippen molar-refractivity contribution in [3.63, 3.8) is 0 Å². The molecule has 0 radical (unpaired) electrons. The van der Waals surface area contributed by atoms with Gasteiger partial charge in [0, 0.05) is 31.7 Å². The van der Waals surface area contributed by atoms with Crippen LogP contribution in [-0.4, -0.2) is 76.5 Å². The number of carbonyl (C=O) groups is 1. The van der Waals surface area contributed by atoms with Gasteiger partial charge in [-0.3, -0.25) is 9.59 Å². The summed E-state index contributed by atoms with van der Waals surface area (Å²) in [4.78, 5) is 34.0. The molecule has 1 aliphatic heterocycles. The van der Waals surface area contributed by atoms with Gasteiger partial charge in [-0.2, -0.15) is 9.40 Å². The van der Waals surface area contributed by atoms with Gasteiger partial charge in [-0.25, -0.2) is 18.1 Å². The summed E-state index contributed by atoms with van der Waals surface area (Å²) in [5.41, 5.74) is 1.17. The lowest BCUT2D eigenvalue weighted by atomic mass is 10.2. The summed E-state index contributed by atoms with van der Waals surface area (Å²) < 4.78 is 29.1. The summed E-state index contributed by atoms with van der Waals surface area (Å²) >= 11 is 0. The maximum absolute atomic E-state index is 13.1. The van der Waals surface area contributed by atoms with Crippen LogP contribution in [0.15, 0.2) is 70.7 Å². The van der Waals surface area contributed by atoms with Crippen molar-refractivity contribution in [3.05, 3.63) is 77.0 Å². The lowest BCUT2D eigenvalue weighted by molar-refractivity contribution is 0.102. The number of aromatic amines is 1. The number of aromatic nitrogens is 4. The van der Waals surface area contributed by atoms with Crippen LogP contribution >= 0.6 is 0 Å². The number of amides is 1. The maximum Gasteiger partial charge on any atom is 0.261 e. The summed E-state index contributed by atoms with van der Waals surface area (Å²) in [5, 5.41) is 7.41. The summed E-state index contributed by atoms with van der Waals surface area (Å²) in [6.07, 6.45) is 2.70. The van der Waals surface area contributed by atoms with E-state index in [1.807, 2.05) is 7.05 Å². The van der Waals surface area contributed by atoms with E-state index in [0.717, 1.165) is 0 Å². The van der Waals surface area contributed by atoms with Crippen LogP contribution in [0.3, 0.4) is 0 Å². The largest absolute Gasteiger partial charge is 0.320 e. The van der Waals surface area contributed by atoms with Gasteiger partial charge in [-0.05, 0) is 37.4 Å². The highest BCUT2D eigenvalue weighted by Crippen LogP contribution is 2.24. The topological polar surface area (TPSA) is 133 Å². The summed E-state index contributed by atoms with van der Waals surface area (Å²) in [6, 6.07) is 13.0. The molecule has 0 unspecified atom stereocenters. The molecule has 0 aliphatic carbocycles. The number of sulfonamides is 1. The molecule has 0 bridgehead atoms. The zero-order valence-electron chi connectivity index (χ0n) is 18.9. The van der Waals surface area contributed by atoms with E-state index < -0.39 is 15.9 Å². The van der Waals surface area contributed by atoms with Gasteiger partial charge in [0.15, 0.2) is 5.65 Å². The first kappa shape index (κ1) is 22.9. The van der Waals surface area contributed by atoms with Crippen LogP contribution in [0.25, 0.3) is 16.7 Å². The highest BCUT2D eigenvalue weighted by atomic mass is 32.2. The van der Waals surface area contributed by atoms with E-state index in [0.29, 0.717) is 48.6 Å². The van der Waals surface area contributed by atoms with Gasteiger partial charge in [0.25, 0.3) is 11.5 Å². The van der Waals surface area contributed by atoms with E-state index in [9.17, 15) is 18.0 Å². The number of rotatable bonds is 5. The Morgan fingerprint density at radius 3 is 2.63 bits per heavy atom. The first-order valence-corrected chi connectivity index (χ1v) is 12.4. The minimum Gasteiger partial charge on any atom is -0.320 e. The molecule has 2 N–H and O–H groups in total. The Balaban J connectivity index is 1.44. The molecule has 1 aliphatic rings. The molecule has 12 heteroatoms. The molecule has 0 atom stereocenters. The third-order valence-electron chi connectivity index (χ3n) is 5.95. The van der Waals surface area contributed by atoms with Crippen molar-refractivity contribution < 1.29 is 13.2 Å². The summed E-state index contributed by atoms with van der Waals surface area (Å²) in [5.74, 6) is -0.477. The number of anilines is 1. The SMILES string of the molecule is CN1CCN(S(=O)(=O)c2cccc(C(=O)Nc3ccccc3-n3ncc4c(=O)[nH]cnc43)c2)CC1. The summed E-state index contributed by atoms with van der Waals surface area (Å²) in [6.45, 7) is 2.10. The van der Waals surface area contributed by atoms with Crippen LogP contribution in [0.2, 0.25) is 0 Å². The quantitative estimate of drug-likeness (QED) is 0.428. The molecular weight excluding hydrogens is 470 g/mol. The molecule has 0 spiro atoms. The zero-order valence-corrected chi connectivity index (χ0v) is 19.7. The van der Waals surface area contributed by atoms with Crippen molar-refractivity contribution in [2.45, 2.75) is 4.90 Å². The Kier molecular flexibility index (Phi) is 5.93. The Morgan fingerprint density at radius 2 is 1.83 bits per heavy atom. The second-order valence-electron chi connectivity index (χ2n) is 8.23. The fourth-order valence-corrected chi connectivity index (χ4v) is 5.43. The molecule has 2 aromatic heterocycles. The van der Waals surface area contributed by atoms with Crippen molar-refractivity contribution >= 4 is 32.7 Å². The lowest BCUT2D eigenvalue weighted by Crippen LogP contribution is -2.47. The third kappa shape index (κ3) is 4.34. The highest BCUT2D eigenvalue weighted by Gasteiger charge is 2.28. The Hall–Kier alpha value is -3.87. The molecule has 4 aromatic rings. The van der Waals surface area contributed by atoms with Crippen molar-refractivity contribution in [1.82, 2.24) is 29.0 Å². The highest BCUT2D eigenvalue weighted by molar-refractivity contribution is 7.89. The van der Waals surface area contributed by atoms with E-state index in [2.05, 4.69) is 25.3 Å². The van der Waals surface area contributed by atoms with Crippen LogP contribution in [-0.2, 0) is 10.0 Å². The fourth-order valence-electron chi connectivity index (χ4n) is 3.97. The molecule has 3 heterocycles. The molecule has 35 heavy (non-hydrogen) atoms. The second-order valence-corrected chi connectivity index (χ2v) is 10.2.